The number of nitrogens with one attached hydrogen (secondary N) is 1. The Kier molecular flexibility index (Phi) is 11.5. The van der Waals surface area contributed by atoms with E-state index in [0.29, 0.717) is 32.3 Å². The first kappa shape index (κ1) is 31.9. The van der Waals surface area contributed by atoms with E-state index >= 15 is 0 Å². The van der Waals surface area contributed by atoms with Crippen LogP contribution in [0.15, 0.2) is 77.3 Å². The van der Waals surface area contributed by atoms with Crippen molar-refractivity contribution in [3.63, 3.8) is 0 Å². The van der Waals surface area contributed by atoms with Crippen LogP contribution in [-0.2, 0) is 32.6 Å². The molecule has 1 atom stereocenters. The van der Waals surface area contributed by atoms with Gasteiger partial charge in [0.15, 0.2) is 0 Å². The van der Waals surface area contributed by atoms with Gasteiger partial charge < -0.3 is 10.2 Å². The van der Waals surface area contributed by atoms with Gasteiger partial charge >= 0.3 is 0 Å². The molecule has 0 fully saturated rings. The molecule has 3 aromatic rings. The lowest BCUT2D eigenvalue weighted by Gasteiger charge is -2.34. The zero-order chi connectivity index (χ0) is 29.4. The van der Waals surface area contributed by atoms with Crippen LogP contribution in [-0.4, -0.2) is 50.5 Å². The van der Waals surface area contributed by atoms with Gasteiger partial charge in [-0.05, 0) is 41.8 Å². The number of carbonyl (C=O) groups excluding carboxylic acids is 2. The molecule has 0 aliphatic rings. The molecule has 214 valence electrons. The average molecular weight is 669 g/mol. The van der Waals surface area contributed by atoms with Crippen molar-refractivity contribution in [1.82, 2.24) is 10.2 Å². The summed E-state index contributed by atoms with van der Waals surface area (Å²) in [6, 6.07) is 20.0. The summed E-state index contributed by atoms with van der Waals surface area (Å²) in [5, 5.41) is 3.60. The van der Waals surface area contributed by atoms with Crippen molar-refractivity contribution in [1.29, 1.82) is 0 Å². The van der Waals surface area contributed by atoms with Crippen molar-refractivity contribution in [2.45, 2.75) is 32.9 Å². The van der Waals surface area contributed by atoms with E-state index in [1.54, 1.807) is 42.5 Å². The van der Waals surface area contributed by atoms with Crippen molar-refractivity contribution in [3.8, 4) is 0 Å². The Balaban J connectivity index is 2.09. The number of rotatable bonds is 12. The molecule has 0 spiro atoms. The van der Waals surface area contributed by atoms with Gasteiger partial charge in [0, 0.05) is 39.6 Å². The Labute approximate surface area is 254 Å². The number of sulfonamides is 1. The highest BCUT2D eigenvalue weighted by molar-refractivity contribution is 9.10. The van der Waals surface area contributed by atoms with E-state index < -0.39 is 28.5 Å². The van der Waals surface area contributed by atoms with Crippen molar-refractivity contribution < 1.29 is 18.0 Å². The van der Waals surface area contributed by atoms with Crippen LogP contribution in [0.4, 0.5) is 5.69 Å². The molecule has 0 aromatic heterocycles. The largest absolute Gasteiger partial charge is 0.354 e. The highest BCUT2D eigenvalue weighted by Crippen LogP contribution is 2.28. The van der Waals surface area contributed by atoms with E-state index in [2.05, 4.69) is 21.2 Å². The first-order chi connectivity index (χ1) is 18.9. The van der Waals surface area contributed by atoms with Crippen molar-refractivity contribution in [3.05, 3.63) is 98.4 Å². The third-order valence-corrected chi connectivity index (χ3v) is 8.46. The quantitative estimate of drug-likeness (QED) is 0.259. The van der Waals surface area contributed by atoms with Crippen LogP contribution >= 0.6 is 39.1 Å². The van der Waals surface area contributed by atoms with Crippen molar-refractivity contribution in [2.75, 3.05) is 23.7 Å². The maximum atomic E-state index is 14.1. The monoisotopic (exact) mass is 667 g/mol. The molecule has 2 amide bonds. The summed E-state index contributed by atoms with van der Waals surface area (Å²) in [6.45, 7) is 3.73. The fourth-order valence-corrected chi connectivity index (χ4v) is 5.82. The molecule has 11 heteroatoms. The fourth-order valence-electron chi connectivity index (χ4n) is 4.08. The predicted molar refractivity (Wildman–Crippen MR) is 165 cm³/mol. The van der Waals surface area contributed by atoms with Gasteiger partial charge in [-0.2, -0.15) is 0 Å². The summed E-state index contributed by atoms with van der Waals surface area (Å²) in [7, 11) is -3.87. The highest BCUT2D eigenvalue weighted by atomic mass is 79.9. The number of benzene rings is 3. The van der Waals surface area contributed by atoms with Crippen LogP contribution < -0.4 is 9.62 Å². The molecule has 1 N–H and O–H groups in total. The Hall–Kier alpha value is -2.59. The molecule has 0 radical (unpaired) electrons. The predicted octanol–water partition coefficient (Wildman–Crippen LogP) is 5.93. The van der Waals surface area contributed by atoms with Gasteiger partial charge in [-0.25, -0.2) is 8.42 Å². The molecule has 40 heavy (non-hydrogen) atoms. The number of amides is 2. The van der Waals surface area contributed by atoms with Gasteiger partial charge in [0.1, 0.15) is 12.6 Å². The van der Waals surface area contributed by atoms with Gasteiger partial charge in [0.25, 0.3) is 0 Å². The van der Waals surface area contributed by atoms with Gasteiger partial charge in [0.05, 0.1) is 11.9 Å². The van der Waals surface area contributed by atoms with E-state index in [-0.39, 0.29) is 24.8 Å². The summed E-state index contributed by atoms with van der Waals surface area (Å²) in [6.07, 6.45) is 1.24. The second kappa shape index (κ2) is 14.3. The maximum Gasteiger partial charge on any atom is 0.244 e. The topological polar surface area (TPSA) is 86.8 Å². The number of nitrogens with zero attached hydrogens (tertiary/aromatic N) is 2. The lowest BCUT2D eigenvalue weighted by Crippen LogP contribution is -2.53. The molecule has 0 saturated heterocycles. The Morgan fingerprint density at radius 1 is 0.950 bits per heavy atom. The fraction of sp³-hybridized carbons (Fsp3) is 0.310. The molecule has 0 unspecified atom stereocenters. The van der Waals surface area contributed by atoms with Crippen LogP contribution in [0.5, 0.6) is 0 Å². The Morgan fingerprint density at radius 2 is 1.57 bits per heavy atom. The van der Waals surface area contributed by atoms with Crippen LogP contribution in [0.1, 0.15) is 25.0 Å². The molecule has 7 nitrogen and oxygen atoms in total. The molecule has 3 rings (SSSR count). The summed E-state index contributed by atoms with van der Waals surface area (Å²) < 4.78 is 27.4. The van der Waals surface area contributed by atoms with E-state index in [9.17, 15) is 18.0 Å². The van der Waals surface area contributed by atoms with Crippen LogP contribution in [0.2, 0.25) is 10.0 Å². The molecule has 0 aliphatic heterocycles. The molecule has 0 aliphatic carbocycles. The van der Waals surface area contributed by atoms with Gasteiger partial charge in [-0.1, -0.05) is 95.4 Å². The lowest BCUT2D eigenvalue weighted by molar-refractivity contribution is -0.140. The Morgan fingerprint density at radius 3 is 2.15 bits per heavy atom. The number of anilines is 1. The van der Waals surface area contributed by atoms with Gasteiger partial charge in [-0.3, -0.25) is 13.9 Å². The molecule has 0 heterocycles. The summed E-state index contributed by atoms with van der Waals surface area (Å²) >= 11 is 16.3. The minimum absolute atomic E-state index is 0.0972. The number of halogens is 3. The minimum Gasteiger partial charge on any atom is -0.354 e. The standard InChI is InChI=1S/C29H32BrCl2N3O4S/c1-20(2)17-33-29(37)27(15-21-9-5-4-6-10-21)34(18-24-25(31)13-8-14-26(24)32)28(36)19-35(40(3,38)39)23-12-7-11-22(30)16-23/h4-14,16,20,27H,15,17-19H2,1-3H3,(H,33,37)/t27-/m0/s1. The molecular weight excluding hydrogens is 637 g/mol. The zero-order valence-electron chi connectivity index (χ0n) is 22.5. The zero-order valence-corrected chi connectivity index (χ0v) is 26.4. The third-order valence-electron chi connectivity index (χ3n) is 6.12. The molecule has 0 bridgehead atoms. The maximum absolute atomic E-state index is 14.1. The highest BCUT2D eigenvalue weighted by Gasteiger charge is 2.33. The van der Waals surface area contributed by atoms with E-state index in [4.69, 9.17) is 23.2 Å². The Bertz CT molecular complexity index is 1420. The first-order valence-electron chi connectivity index (χ1n) is 12.6. The number of hydrogen-bond acceptors (Lipinski definition) is 4. The SMILES string of the molecule is CC(C)CNC(=O)[C@H](Cc1ccccc1)N(Cc1c(Cl)cccc1Cl)C(=O)CN(c1cccc(Br)c1)S(C)(=O)=O. The number of hydrogen-bond donors (Lipinski definition) is 1. The van der Waals surface area contributed by atoms with Crippen LogP contribution in [0.25, 0.3) is 0 Å². The average Bonchev–Trinajstić information content (AvgIpc) is 2.89. The first-order valence-corrected chi connectivity index (χ1v) is 16.0. The van der Waals surface area contributed by atoms with Gasteiger partial charge in [0.2, 0.25) is 21.8 Å². The van der Waals surface area contributed by atoms with E-state index in [1.807, 2.05) is 44.2 Å². The van der Waals surface area contributed by atoms with Gasteiger partial charge in [-0.15, -0.1) is 0 Å². The normalized spacial score (nSPS) is 12.2. The summed E-state index contributed by atoms with van der Waals surface area (Å²) in [5.41, 5.74) is 1.61. The van der Waals surface area contributed by atoms with Crippen molar-refractivity contribution in [2.24, 2.45) is 5.92 Å². The minimum atomic E-state index is -3.87. The molecule has 0 saturated carbocycles. The lowest BCUT2D eigenvalue weighted by atomic mass is 10.0. The summed E-state index contributed by atoms with van der Waals surface area (Å²) in [4.78, 5) is 29.1. The van der Waals surface area contributed by atoms with Crippen molar-refractivity contribution >= 4 is 66.7 Å². The van der Waals surface area contributed by atoms with E-state index in [0.717, 1.165) is 16.1 Å². The second-order valence-corrected chi connectivity index (χ2v) is 13.5. The van der Waals surface area contributed by atoms with E-state index in [1.165, 1.54) is 4.90 Å². The number of carbonyl (C=O) groups is 2. The van der Waals surface area contributed by atoms with Crippen LogP contribution in [0.3, 0.4) is 0 Å². The summed E-state index contributed by atoms with van der Waals surface area (Å²) in [5.74, 6) is -0.759. The molecular formula is C29H32BrCl2N3O4S. The molecule has 3 aromatic carbocycles. The second-order valence-electron chi connectivity index (χ2n) is 9.82. The third kappa shape index (κ3) is 8.96. The van der Waals surface area contributed by atoms with Crippen LogP contribution in [0, 0.1) is 5.92 Å². The smallest absolute Gasteiger partial charge is 0.244 e.